The molecule has 6 heteroatoms. The van der Waals surface area contributed by atoms with Crippen molar-refractivity contribution < 1.29 is 19.1 Å². The molecule has 0 aliphatic carbocycles. The third-order valence-electron chi connectivity index (χ3n) is 4.02. The Morgan fingerprint density at radius 1 is 1.17 bits per heavy atom. The number of carbonyl (C=O) groups excluding carboxylic acids is 3. The zero-order chi connectivity index (χ0) is 17.9. The summed E-state index contributed by atoms with van der Waals surface area (Å²) in [6.07, 6.45) is 0.342. The molecule has 0 bridgehead atoms. The van der Waals surface area contributed by atoms with E-state index in [-0.39, 0.29) is 23.4 Å². The lowest BCUT2D eigenvalue weighted by atomic mass is 9.99. The molecule has 0 fully saturated rings. The maximum atomic E-state index is 12.9. The first-order valence-electron chi connectivity index (χ1n) is 7.80. The lowest BCUT2D eigenvalue weighted by Gasteiger charge is -2.32. The van der Waals surface area contributed by atoms with E-state index in [4.69, 9.17) is 4.74 Å². The number of aryl methyl sites for hydroxylation is 1. The molecule has 6 nitrogen and oxygen atoms in total. The molecule has 1 N–H and O–H groups in total. The molecule has 23 heavy (non-hydrogen) atoms. The molecule has 1 amide bonds. The van der Waals surface area contributed by atoms with Crippen LogP contribution >= 0.6 is 0 Å². The van der Waals surface area contributed by atoms with Crippen LogP contribution < -0.4 is 0 Å². The van der Waals surface area contributed by atoms with Crippen LogP contribution in [0.4, 0.5) is 0 Å². The summed E-state index contributed by atoms with van der Waals surface area (Å²) in [7, 11) is 1.29. The molecule has 0 saturated heterocycles. The molecule has 128 valence electrons. The Bertz CT molecular complexity index is 616. The predicted octanol–water partition coefficient (Wildman–Crippen LogP) is 2.64. The van der Waals surface area contributed by atoms with E-state index in [2.05, 4.69) is 4.98 Å². The van der Waals surface area contributed by atoms with Crippen LogP contribution in [-0.2, 0) is 9.53 Å². The number of ether oxygens (including phenoxy) is 1. The first-order chi connectivity index (χ1) is 10.7. The molecule has 1 aromatic heterocycles. The minimum atomic E-state index is -0.596. The third-order valence-corrected chi connectivity index (χ3v) is 4.02. The van der Waals surface area contributed by atoms with Crippen molar-refractivity contribution in [3.63, 3.8) is 0 Å². The van der Waals surface area contributed by atoms with Crippen LogP contribution in [0.1, 0.15) is 66.2 Å². The van der Waals surface area contributed by atoms with Gasteiger partial charge in [-0.1, -0.05) is 6.92 Å². The summed E-state index contributed by atoms with van der Waals surface area (Å²) in [6.45, 7) is 10.7. The van der Waals surface area contributed by atoms with Gasteiger partial charge >= 0.3 is 5.97 Å². The van der Waals surface area contributed by atoms with Crippen LogP contribution in [-0.4, -0.2) is 46.7 Å². The number of nitrogens with zero attached hydrogens (tertiary/aromatic N) is 1. The number of amides is 1. The van der Waals surface area contributed by atoms with Gasteiger partial charge in [-0.3, -0.25) is 9.59 Å². The number of hydrogen-bond acceptors (Lipinski definition) is 4. The number of ketones is 1. The van der Waals surface area contributed by atoms with Gasteiger partial charge in [-0.05, 0) is 40.2 Å². The minimum Gasteiger partial charge on any atom is -0.464 e. The summed E-state index contributed by atoms with van der Waals surface area (Å²) in [6, 6.07) is -0.679. The van der Waals surface area contributed by atoms with Crippen molar-refractivity contribution in [2.75, 3.05) is 7.11 Å². The van der Waals surface area contributed by atoms with Gasteiger partial charge in [0.1, 0.15) is 5.69 Å². The molecule has 1 aromatic rings. The predicted molar refractivity (Wildman–Crippen MR) is 87.7 cm³/mol. The minimum absolute atomic E-state index is 0.0696. The van der Waals surface area contributed by atoms with Crippen molar-refractivity contribution in [1.29, 1.82) is 0 Å². The fraction of sp³-hybridized carbons (Fsp3) is 0.588. The lowest BCUT2D eigenvalue weighted by molar-refractivity contribution is -0.133. The van der Waals surface area contributed by atoms with Crippen molar-refractivity contribution in [1.82, 2.24) is 9.88 Å². The van der Waals surface area contributed by atoms with Gasteiger partial charge in [0.15, 0.2) is 5.78 Å². The Hall–Kier alpha value is -2.11. The summed E-state index contributed by atoms with van der Waals surface area (Å²) >= 11 is 0. The number of rotatable bonds is 6. The van der Waals surface area contributed by atoms with Gasteiger partial charge in [0.25, 0.3) is 0 Å². The molecule has 0 aliphatic rings. The molecule has 1 heterocycles. The first-order valence-corrected chi connectivity index (χ1v) is 7.80. The quantitative estimate of drug-likeness (QED) is 0.645. The monoisotopic (exact) mass is 322 g/mol. The number of nitrogens with one attached hydrogen (secondary N) is 1. The molecular weight excluding hydrogens is 296 g/mol. The fourth-order valence-corrected chi connectivity index (χ4v) is 2.89. The maximum absolute atomic E-state index is 12.9. The Labute approximate surface area is 137 Å². The summed E-state index contributed by atoms with van der Waals surface area (Å²) in [5.41, 5.74) is 1.89. The highest BCUT2D eigenvalue weighted by Gasteiger charge is 2.31. The molecule has 0 unspecified atom stereocenters. The Balaban J connectivity index is 3.26. The van der Waals surface area contributed by atoms with Crippen molar-refractivity contribution in [3.05, 3.63) is 22.5 Å². The van der Waals surface area contributed by atoms with Gasteiger partial charge in [0, 0.05) is 23.7 Å². The molecule has 0 aromatic carbocycles. The summed E-state index contributed by atoms with van der Waals surface area (Å²) in [5, 5.41) is 0. The number of aromatic nitrogens is 1. The Kier molecular flexibility index (Phi) is 6.12. The highest BCUT2D eigenvalue weighted by atomic mass is 16.5. The average Bonchev–Trinajstić information content (AvgIpc) is 2.80. The average molecular weight is 322 g/mol. The van der Waals surface area contributed by atoms with E-state index in [1.54, 1.807) is 32.6 Å². The molecule has 0 radical (unpaired) electrons. The van der Waals surface area contributed by atoms with Gasteiger partial charge in [-0.15, -0.1) is 0 Å². The zero-order valence-electron chi connectivity index (χ0n) is 14.9. The summed E-state index contributed by atoms with van der Waals surface area (Å²) < 4.78 is 4.72. The molecule has 1 rings (SSSR count). The normalized spacial score (nSPS) is 12.2. The van der Waals surface area contributed by atoms with Crippen LogP contribution in [0.5, 0.6) is 0 Å². The van der Waals surface area contributed by atoms with E-state index in [1.807, 2.05) is 13.8 Å². The lowest BCUT2D eigenvalue weighted by Crippen LogP contribution is -2.47. The molecule has 1 atom stereocenters. The Morgan fingerprint density at radius 2 is 1.74 bits per heavy atom. The van der Waals surface area contributed by atoms with Gasteiger partial charge in [-0.2, -0.15) is 0 Å². The van der Waals surface area contributed by atoms with Crippen LogP contribution in [0.3, 0.4) is 0 Å². The van der Waals surface area contributed by atoms with Crippen molar-refractivity contribution >= 4 is 17.7 Å². The SMILES string of the molecule is CCC(=O)N(C(C)C)[C@H](C)C(=O)c1c(C)[nH]c(C(=O)OC)c1C. The number of aromatic amines is 1. The van der Waals surface area contributed by atoms with Gasteiger partial charge in [0.2, 0.25) is 5.91 Å². The fourth-order valence-electron chi connectivity index (χ4n) is 2.89. The van der Waals surface area contributed by atoms with E-state index in [9.17, 15) is 14.4 Å². The number of methoxy groups -OCH3 is 1. The maximum Gasteiger partial charge on any atom is 0.354 e. The largest absolute Gasteiger partial charge is 0.464 e. The van der Waals surface area contributed by atoms with Crippen LogP contribution in [0.25, 0.3) is 0 Å². The third kappa shape index (κ3) is 3.63. The van der Waals surface area contributed by atoms with E-state index in [1.165, 1.54) is 7.11 Å². The molecule has 0 saturated carbocycles. The smallest absolute Gasteiger partial charge is 0.354 e. The van der Waals surface area contributed by atoms with E-state index in [0.29, 0.717) is 23.2 Å². The molecule has 0 spiro atoms. The van der Waals surface area contributed by atoms with E-state index < -0.39 is 12.0 Å². The van der Waals surface area contributed by atoms with E-state index >= 15 is 0 Å². The van der Waals surface area contributed by atoms with Gasteiger partial charge in [0.05, 0.1) is 13.2 Å². The second-order valence-corrected chi connectivity index (χ2v) is 5.91. The van der Waals surface area contributed by atoms with Crippen LogP contribution in [0.2, 0.25) is 0 Å². The van der Waals surface area contributed by atoms with Crippen molar-refractivity contribution in [2.24, 2.45) is 0 Å². The molecular formula is C17H26N2O4. The van der Waals surface area contributed by atoms with Crippen molar-refractivity contribution in [2.45, 2.75) is 60.0 Å². The van der Waals surface area contributed by atoms with E-state index in [0.717, 1.165) is 0 Å². The summed E-state index contributed by atoms with van der Waals surface area (Å²) in [5.74, 6) is -0.760. The van der Waals surface area contributed by atoms with Crippen LogP contribution in [0.15, 0.2) is 0 Å². The topological polar surface area (TPSA) is 79.5 Å². The number of hydrogen-bond donors (Lipinski definition) is 1. The second-order valence-electron chi connectivity index (χ2n) is 5.91. The summed E-state index contributed by atoms with van der Waals surface area (Å²) in [4.78, 5) is 41.3. The van der Waals surface area contributed by atoms with Crippen LogP contribution in [0, 0.1) is 13.8 Å². The van der Waals surface area contributed by atoms with Gasteiger partial charge < -0.3 is 14.6 Å². The Morgan fingerprint density at radius 3 is 2.17 bits per heavy atom. The highest BCUT2D eigenvalue weighted by Crippen LogP contribution is 2.23. The first kappa shape index (κ1) is 18.9. The standard InChI is InChI=1S/C17H26N2O4/c1-8-13(20)19(9(2)3)12(6)16(21)14-10(4)15(17(22)23-7)18-11(14)5/h9,12,18H,8H2,1-7H3/t12-/m1/s1. The van der Waals surface area contributed by atoms with Crippen molar-refractivity contribution in [3.8, 4) is 0 Å². The number of carbonyl (C=O) groups is 3. The number of H-pyrrole nitrogens is 1. The van der Waals surface area contributed by atoms with Gasteiger partial charge in [-0.25, -0.2) is 4.79 Å². The molecule has 0 aliphatic heterocycles. The zero-order valence-corrected chi connectivity index (χ0v) is 14.9. The number of Topliss-reactive ketones (excluding diaryl/α,β-unsaturated/α-hetero) is 1. The second kappa shape index (κ2) is 7.44. The highest BCUT2D eigenvalue weighted by molar-refractivity contribution is 6.06. The number of esters is 1.